The fraction of sp³-hybridized carbons (Fsp3) is 0.500. The Morgan fingerprint density at radius 1 is 1.17 bits per heavy atom. The summed E-state index contributed by atoms with van der Waals surface area (Å²) in [4.78, 5) is 2.18. The van der Waals surface area contributed by atoms with Crippen molar-refractivity contribution in [3.05, 3.63) is 33.8 Å². The molecule has 1 heterocycles. The van der Waals surface area contributed by atoms with Crippen molar-refractivity contribution in [2.75, 3.05) is 13.1 Å². The lowest BCUT2D eigenvalue weighted by molar-refractivity contribution is -0.137. The second-order valence-corrected chi connectivity index (χ2v) is 5.14. The van der Waals surface area contributed by atoms with Gasteiger partial charge in [-0.3, -0.25) is 4.90 Å². The van der Waals surface area contributed by atoms with Crippen LogP contribution in [0.25, 0.3) is 0 Å². The van der Waals surface area contributed by atoms with E-state index in [4.69, 9.17) is 0 Å². The molecule has 0 N–H and O–H groups in total. The Bertz CT molecular complexity index is 403. The molecule has 0 bridgehead atoms. The SMILES string of the molecule is Cl.FC(F)(F)c1ccc(Br)c(CN2CCCC2)c1. The molecule has 1 nitrogen and oxygen atoms in total. The molecule has 0 aliphatic carbocycles. The number of halogens is 5. The summed E-state index contributed by atoms with van der Waals surface area (Å²) in [5.41, 5.74) is 0.136. The molecule has 0 spiro atoms. The van der Waals surface area contributed by atoms with Crippen LogP contribution in [0.2, 0.25) is 0 Å². The number of hydrogen-bond acceptors (Lipinski definition) is 1. The molecule has 0 amide bonds. The first kappa shape index (κ1) is 15.8. The van der Waals surface area contributed by atoms with E-state index in [1.807, 2.05) is 0 Å². The highest BCUT2D eigenvalue weighted by molar-refractivity contribution is 9.10. The maximum absolute atomic E-state index is 12.6. The lowest BCUT2D eigenvalue weighted by Crippen LogP contribution is -2.19. The van der Waals surface area contributed by atoms with Gasteiger partial charge in [-0.15, -0.1) is 12.4 Å². The van der Waals surface area contributed by atoms with Gasteiger partial charge >= 0.3 is 6.18 Å². The molecule has 1 saturated heterocycles. The van der Waals surface area contributed by atoms with Crippen molar-refractivity contribution in [2.45, 2.75) is 25.6 Å². The topological polar surface area (TPSA) is 3.24 Å². The number of likely N-dealkylation sites (tertiary alicyclic amines) is 1. The van der Waals surface area contributed by atoms with Crippen LogP contribution in [0.1, 0.15) is 24.0 Å². The van der Waals surface area contributed by atoms with Crippen LogP contribution in [0.4, 0.5) is 13.2 Å². The fourth-order valence-corrected chi connectivity index (χ4v) is 2.43. The molecule has 102 valence electrons. The molecule has 0 atom stereocenters. The Kier molecular flexibility index (Phi) is 5.49. The molecule has 0 aromatic heterocycles. The van der Waals surface area contributed by atoms with Crippen LogP contribution in [0, 0.1) is 0 Å². The van der Waals surface area contributed by atoms with E-state index in [2.05, 4.69) is 20.8 Å². The Labute approximate surface area is 119 Å². The zero-order valence-corrected chi connectivity index (χ0v) is 12.0. The van der Waals surface area contributed by atoms with Gasteiger partial charge in [-0.25, -0.2) is 0 Å². The number of hydrogen-bond donors (Lipinski definition) is 0. The van der Waals surface area contributed by atoms with E-state index in [0.717, 1.165) is 36.5 Å². The lowest BCUT2D eigenvalue weighted by atomic mass is 10.1. The van der Waals surface area contributed by atoms with Crippen molar-refractivity contribution in [3.8, 4) is 0 Å². The number of alkyl halides is 3. The highest BCUT2D eigenvalue weighted by atomic mass is 79.9. The van der Waals surface area contributed by atoms with E-state index in [-0.39, 0.29) is 12.4 Å². The average Bonchev–Trinajstić information content (AvgIpc) is 2.72. The van der Waals surface area contributed by atoms with Gasteiger partial charge < -0.3 is 0 Å². The second kappa shape index (κ2) is 6.26. The molecule has 1 aromatic carbocycles. The zero-order valence-electron chi connectivity index (χ0n) is 9.63. The average molecular weight is 345 g/mol. The highest BCUT2D eigenvalue weighted by Gasteiger charge is 2.31. The first-order chi connectivity index (χ1) is 7.97. The minimum absolute atomic E-state index is 0. The van der Waals surface area contributed by atoms with E-state index >= 15 is 0 Å². The molecule has 2 rings (SSSR count). The molecular formula is C12H14BrClF3N. The van der Waals surface area contributed by atoms with Crippen LogP contribution in [-0.4, -0.2) is 18.0 Å². The summed E-state index contributed by atoms with van der Waals surface area (Å²) in [6.45, 7) is 2.54. The van der Waals surface area contributed by atoms with Gasteiger partial charge in [0.15, 0.2) is 0 Å². The minimum atomic E-state index is -4.26. The first-order valence-electron chi connectivity index (χ1n) is 5.55. The van der Waals surface area contributed by atoms with Crippen molar-refractivity contribution >= 4 is 28.3 Å². The largest absolute Gasteiger partial charge is 0.416 e. The van der Waals surface area contributed by atoms with E-state index in [0.29, 0.717) is 12.1 Å². The molecule has 1 fully saturated rings. The van der Waals surface area contributed by atoms with Gasteiger partial charge in [0, 0.05) is 11.0 Å². The van der Waals surface area contributed by atoms with Crippen molar-refractivity contribution in [2.24, 2.45) is 0 Å². The second-order valence-electron chi connectivity index (χ2n) is 4.29. The molecule has 6 heteroatoms. The van der Waals surface area contributed by atoms with Crippen LogP contribution in [0.5, 0.6) is 0 Å². The van der Waals surface area contributed by atoms with Crippen molar-refractivity contribution < 1.29 is 13.2 Å². The third-order valence-corrected chi connectivity index (χ3v) is 3.74. The van der Waals surface area contributed by atoms with E-state index in [1.165, 1.54) is 12.1 Å². The maximum atomic E-state index is 12.6. The van der Waals surface area contributed by atoms with Crippen LogP contribution < -0.4 is 0 Å². The zero-order chi connectivity index (χ0) is 12.5. The highest BCUT2D eigenvalue weighted by Crippen LogP contribution is 2.32. The third-order valence-electron chi connectivity index (χ3n) is 2.97. The summed E-state index contributed by atoms with van der Waals surface area (Å²) >= 11 is 3.31. The number of rotatable bonds is 2. The summed E-state index contributed by atoms with van der Waals surface area (Å²) in [5, 5.41) is 0. The van der Waals surface area contributed by atoms with Crippen LogP contribution in [0.15, 0.2) is 22.7 Å². The van der Waals surface area contributed by atoms with E-state index in [1.54, 1.807) is 0 Å². The van der Waals surface area contributed by atoms with E-state index in [9.17, 15) is 13.2 Å². The van der Waals surface area contributed by atoms with Crippen molar-refractivity contribution in [1.29, 1.82) is 0 Å². The van der Waals surface area contributed by atoms with Crippen LogP contribution in [0.3, 0.4) is 0 Å². The summed E-state index contributed by atoms with van der Waals surface area (Å²) in [5.74, 6) is 0. The van der Waals surface area contributed by atoms with Crippen LogP contribution in [-0.2, 0) is 12.7 Å². The summed E-state index contributed by atoms with van der Waals surface area (Å²) in [6, 6.07) is 3.83. The van der Waals surface area contributed by atoms with Crippen LogP contribution >= 0.6 is 28.3 Å². The maximum Gasteiger partial charge on any atom is 0.416 e. The standard InChI is InChI=1S/C12H13BrF3N.ClH/c13-11-4-3-10(12(14,15)16)7-9(11)8-17-5-1-2-6-17;/h3-4,7H,1-2,5-6,8H2;1H. The lowest BCUT2D eigenvalue weighted by Gasteiger charge is -2.17. The van der Waals surface area contributed by atoms with Gasteiger partial charge in [-0.05, 0) is 49.7 Å². The smallest absolute Gasteiger partial charge is 0.299 e. The van der Waals surface area contributed by atoms with Crippen molar-refractivity contribution in [1.82, 2.24) is 4.90 Å². The molecular weight excluding hydrogens is 330 g/mol. The Morgan fingerprint density at radius 3 is 2.33 bits per heavy atom. The van der Waals surface area contributed by atoms with E-state index < -0.39 is 11.7 Å². The first-order valence-corrected chi connectivity index (χ1v) is 6.34. The number of benzene rings is 1. The Hall–Kier alpha value is -0.260. The van der Waals surface area contributed by atoms with Gasteiger partial charge in [0.2, 0.25) is 0 Å². The quantitative estimate of drug-likeness (QED) is 0.764. The summed E-state index contributed by atoms with van der Waals surface area (Å²) < 4.78 is 38.5. The Morgan fingerprint density at radius 2 is 1.78 bits per heavy atom. The van der Waals surface area contributed by atoms with Gasteiger partial charge in [-0.1, -0.05) is 15.9 Å². The predicted octanol–water partition coefficient (Wildman–Crippen LogP) is 4.49. The van der Waals surface area contributed by atoms with Gasteiger partial charge in [0.05, 0.1) is 5.56 Å². The molecule has 1 aliphatic rings. The molecule has 0 unspecified atom stereocenters. The molecule has 1 aromatic rings. The molecule has 18 heavy (non-hydrogen) atoms. The minimum Gasteiger partial charge on any atom is -0.299 e. The molecule has 0 saturated carbocycles. The summed E-state index contributed by atoms with van der Waals surface area (Å²) in [6.07, 6.45) is -1.99. The van der Waals surface area contributed by atoms with Gasteiger partial charge in [-0.2, -0.15) is 13.2 Å². The number of nitrogens with zero attached hydrogens (tertiary/aromatic N) is 1. The summed E-state index contributed by atoms with van der Waals surface area (Å²) in [7, 11) is 0. The predicted molar refractivity (Wildman–Crippen MR) is 70.9 cm³/mol. The molecule has 0 radical (unpaired) electrons. The monoisotopic (exact) mass is 343 g/mol. The van der Waals surface area contributed by atoms with Crippen molar-refractivity contribution in [3.63, 3.8) is 0 Å². The third kappa shape index (κ3) is 3.87. The van der Waals surface area contributed by atoms with Gasteiger partial charge in [0.1, 0.15) is 0 Å². The van der Waals surface area contributed by atoms with Gasteiger partial charge in [0.25, 0.3) is 0 Å². The fourth-order valence-electron chi connectivity index (χ4n) is 2.05. The Balaban J connectivity index is 0.00000162. The normalized spacial score (nSPS) is 16.7. The molecule has 1 aliphatic heterocycles.